The molecule has 0 aliphatic heterocycles. The number of carbonyl (C=O) groups is 1. The van der Waals surface area contributed by atoms with E-state index in [1.165, 1.54) is 18.2 Å². The molecule has 0 atom stereocenters. The van der Waals surface area contributed by atoms with Crippen molar-refractivity contribution in [2.75, 3.05) is 11.1 Å². The van der Waals surface area contributed by atoms with E-state index >= 15 is 0 Å². The molecule has 25 heavy (non-hydrogen) atoms. The number of ketones is 1. The molecule has 8 heteroatoms. The van der Waals surface area contributed by atoms with E-state index in [0.717, 1.165) is 22.6 Å². The molecule has 0 aliphatic rings. The molecule has 1 heterocycles. The molecule has 0 radical (unpaired) electrons. The predicted molar refractivity (Wildman–Crippen MR) is 99.9 cm³/mol. The smallest absolute Gasteiger partial charge is 0.280 e. The highest BCUT2D eigenvalue weighted by Gasteiger charge is 2.24. The van der Waals surface area contributed by atoms with Crippen molar-refractivity contribution in [3.63, 3.8) is 0 Å². The number of nitrogens with one attached hydrogen (secondary N) is 1. The number of nitro groups is 1. The van der Waals surface area contributed by atoms with Crippen LogP contribution in [-0.2, 0) is 0 Å². The Kier molecular flexibility index (Phi) is 5.66. The predicted octanol–water partition coefficient (Wildman–Crippen LogP) is 4.15. The monoisotopic (exact) mass is 358 g/mol. The average Bonchev–Trinajstić information content (AvgIpc) is 2.92. The number of rotatable bonds is 6. The van der Waals surface area contributed by atoms with Gasteiger partial charge in [-0.05, 0) is 32.9 Å². The lowest BCUT2D eigenvalue weighted by Gasteiger charge is -2.01. The first-order chi connectivity index (χ1) is 11.8. The van der Waals surface area contributed by atoms with Gasteiger partial charge in [0.15, 0.2) is 5.13 Å². The number of anilines is 2. The maximum absolute atomic E-state index is 12.6. The van der Waals surface area contributed by atoms with Crippen LogP contribution in [0.5, 0.6) is 0 Å². The summed E-state index contributed by atoms with van der Waals surface area (Å²) in [5, 5.41) is 14.6. The standard InChI is InChI=1S/C17H18N4O3S/c1-10(2)8-9-11(3)19-17-20-16(18)15(25-17)14(22)12-6-4-5-7-13(12)21(23)24/h4-9H,18H2,1-3H3,(H,19,20)/b11-9+. The minimum Gasteiger partial charge on any atom is -0.382 e. The van der Waals surface area contributed by atoms with Crippen molar-refractivity contribution in [2.24, 2.45) is 0 Å². The zero-order chi connectivity index (χ0) is 18.6. The summed E-state index contributed by atoms with van der Waals surface area (Å²) in [6.07, 6.45) is 3.83. The van der Waals surface area contributed by atoms with Crippen LogP contribution in [0.25, 0.3) is 0 Å². The van der Waals surface area contributed by atoms with Crippen LogP contribution in [0.4, 0.5) is 16.6 Å². The SMILES string of the molecule is CC(C)=C/C=C(\C)Nc1nc(N)c(C(=O)c2ccccc2[N+](=O)[O-])s1. The third kappa shape index (κ3) is 4.51. The van der Waals surface area contributed by atoms with Gasteiger partial charge >= 0.3 is 0 Å². The topological polar surface area (TPSA) is 111 Å². The fourth-order valence-corrected chi connectivity index (χ4v) is 2.90. The van der Waals surface area contributed by atoms with E-state index in [9.17, 15) is 14.9 Å². The second kappa shape index (κ2) is 7.71. The van der Waals surface area contributed by atoms with E-state index in [1.807, 2.05) is 32.9 Å². The van der Waals surface area contributed by atoms with Gasteiger partial charge in [0.05, 0.1) is 4.92 Å². The van der Waals surface area contributed by atoms with Crippen molar-refractivity contribution in [3.8, 4) is 0 Å². The highest BCUT2D eigenvalue weighted by atomic mass is 32.1. The summed E-state index contributed by atoms with van der Waals surface area (Å²) in [7, 11) is 0. The fraction of sp³-hybridized carbons (Fsp3) is 0.176. The Balaban J connectivity index is 2.32. The summed E-state index contributed by atoms with van der Waals surface area (Å²) >= 11 is 1.06. The lowest BCUT2D eigenvalue weighted by molar-refractivity contribution is -0.385. The molecule has 3 N–H and O–H groups in total. The van der Waals surface area contributed by atoms with Gasteiger partial charge in [0.2, 0.25) is 5.78 Å². The van der Waals surface area contributed by atoms with Crippen molar-refractivity contribution in [1.29, 1.82) is 0 Å². The highest BCUT2D eigenvalue weighted by Crippen LogP contribution is 2.30. The van der Waals surface area contributed by atoms with Crippen molar-refractivity contribution < 1.29 is 9.72 Å². The molecule has 0 fully saturated rings. The van der Waals surface area contributed by atoms with Crippen LogP contribution in [0, 0.1) is 10.1 Å². The zero-order valence-electron chi connectivity index (χ0n) is 14.1. The zero-order valence-corrected chi connectivity index (χ0v) is 14.9. The molecule has 0 saturated carbocycles. The molecular weight excluding hydrogens is 340 g/mol. The molecule has 130 valence electrons. The van der Waals surface area contributed by atoms with Crippen molar-refractivity contribution >= 4 is 33.8 Å². The molecule has 0 spiro atoms. The molecule has 2 rings (SSSR count). The third-order valence-electron chi connectivity index (χ3n) is 3.18. The lowest BCUT2D eigenvalue weighted by Crippen LogP contribution is -2.06. The quantitative estimate of drug-likeness (QED) is 0.347. The second-order valence-corrected chi connectivity index (χ2v) is 6.55. The molecule has 7 nitrogen and oxygen atoms in total. The van der Waals surface area contributed by atoms with Gasteiger partial charge in [0, 0.05) is 11.8 Å². The number of nitrogen functional groups attached to an aromatic ring is 1. The number of nitro benzene ring substituents is 1. The molecule has 1 aromatic heterocycles. The number of allylic oxidation sites excluding steroid dienone is 4. The maximum Gasteiger partial charge on any atom is 0.280 e. The van der Waals surface area contributed by atoms with Crippen LogP contribution in [0.15, 0.2) is 47.7 Å². The number of benzene rings is 1. The van der Waals surface area contributed by atoms with Gasteiger partial charge in [0.25, 0.3) is 5.69 Å². The van der Waals surface area contributed by atoms with Gasteiger partial charge in [-0.2, -0.15) is 0 Å². The number of thiazole rings is 1. The number of hydrogen-bond donors (Lipinski definition) is 2. The number of para-hydroxylation sites is 1. The Morgan fingerprint density at radius 3 is 2.60 bits per heavy atom. The first kappa shape index (κ1) is 18.3. The van der Waals surface area contributed by atoms with Crippen LogP contribution in [0.1, 0.15) is 36.0 Å². The van der Waals surface area contributed by atoms with Crippen LogP contribution < -0.4 is 11.1 Å². The van der Waals surface area contributed by atoms with Crippen molar-refractivity contribution in [1.82, 2.24) is 4.98 Å². The molecule has 0 bridgehead atoms. The molecule has 0 aliphatic carbocycles. The number of aromatic nitrogens is 1. The number of carbonyl (C=O) groups excluding carboxylic acids is 1. The first-order valence-corrected chi connectivity index (χ1v) is 8.24. The highest BCUT2D eigenvalue weighted by molar-refractivity contribution is 7.18. The van der Waals surface area contributed by atoms with Crippen LogP contribution in [0.2, 0.25) is 0 Å². The Bertz CT molecular complexity index is 880. The number of nitrogens with two attached hydrogens (primary N) is 1. The molecule has 0 unspecified atom stereocenters. The Hall–Kier alpha value is -3.00. The normalized spacial score (nSPS) is 11.1. The molecular formula is C17H18N4O3S. The minimum atomic E-state index is -0.587. The molecule has 0 amide bonds. The summed E-state index contributed by atoms with van der Waals surface area (Å²) in [5.41, 5.74) is 7.56. The number of nitrogens with zero attached hydrogens (tertiary/aromatic N) is 2. The largest absolute Gasteiger partial charge is 0.382 e. The lowest BCUT2D eigenvalue weighted by atomic mass is 10.1. The van der Waals surface area contributed by atoms with Gasteiger partial charge in [-0.25, -0.2) is 4.98 Å². The van der Waals surface area contributed by atoms with E-state index in [2.05, 4.69) is 10.3 Å². The van der Waals surface area contributed by atoms with Gasteiger partial charge in [-0.15, -0.1) is 0 Å². The van der Waals surface area contributed by atoms with Gasteiger partial charge < -0.3 is 11.1 Å². The third-order valence-corrected chi connectivity index (χ3v) is 4.16. The summed E-state index contributed by atoms with van der Waals surface area (Å²) in [4.78, 5) is 27.5. The number of hydrogen-bond acceptors (Lipinski definition) is 7. The Labute approximate surface area is 149 Å². The van der Waals surface area contributed by atoms with E-state index < -0.39 is 10.7 Å². The Morgan fingerprint density at radius 1 is 1.28 bits per heavy atom. The van der Waals surface area contributed by atoms with E-state index in [0.29, 0.717) is 5.13 Å². The van der Waals surface area contributed by atoms with Gasteiger partial charge in [0.1, 0.15) is 16.3 Å². The summed E-state index contributed by atoms with van der Waals surface area (Å²) in [6, 6.07) is 5.78. The molecule has 2 aromatic rings. The average molecular weight is 358 g/mol. The molecule has 0 saturated heterocycles. The van der Waals surface area contributed by atoms with E-state index in [4.69, 9.17) is 5.73 Å². The maximum atomic E-state index is 12.6. The summed E-state index contributed by atoms with van der Waals surface area (Å²) < 4.78 is 0. The minimum absolute atomic E-state index is 0.00814. The van der Waals surface area contributed by atoms with Crippen LogP contribution in [0.3, 0.4) is 0 Å². The summed E-state index contributed by atoms with van der Waals surface area (Å²) in [5.74, 6) is -0.466. The van der Waals surface area contributed by atoms with Crippen LogP contribution in [-0.4, -0.2) is 15.7 Å². The van der Waals surface area contributed by atoms with E-state index in [-0.39, 0.29) is 21.9 Å². The van der Waals surface area contributed by atoms with Crippen molar-refractivity contribution in [3.05, 3.63) is 68.2 Å². The van der Waals surface area contributed by atoms with E-state index in [1.54, 1.807) is 6.07 Å². The first-order valence-electron chi connectivity index (χ1n) is 7.43. The molecule has 1 aromatic carbocycles. The second-order valence-electron chi connectivity index (χ2n) is 5.56. The van der Waals surface area contributed by atoms with Crippen LogP contribution >= 0.6 is 11.3 Å². The summed E-state index contributed by atoms with van der Waals surface area (Å²) in [6.45, 7) is 5.82. The Morgan fingerprint density at radius 2 is 1.96 bits per heavy atom. The van der Waals surface area contributed by atoms with Gasteiger partial charge in [-0.1, -0.05) is 35.1 Å². The van der Waals surface area contributed by atoms with Crippen molar-refractivity contribution in [2.45, 2.75) is 20.8 Å². The van der Waals surface area contributed by atoms with Gasteiger partial charge in [-0.3, -0.25) is 14.9 Å². The fourth-order valence-electron chi connectivity index (χ4n) is 2.00.